The van der Waals surface area contributed by atoms with Crippen LogP contribution in [0.2, 0.25) is 0 Å². The minimum atomic E-state index is 0.109. The van der Waals surface area contributed by atoms with E-state index in [1.54, 1.807) is 30.9 Å². The molecule has 6 nitrogen and oxygen atoms in total. The molecule has 2 heterocycles. The Balaban J connectivity index is 1.51. The van der Waals surface area contributed by atoms with Crippen molar-refractivity contribution in [3.8, 4) is 22.8 Å². The molecule has 1 saturated carbocycles. The molecule has 30 heavy (non-hydrogen) atoms. The number of aromatic nitrogens is 5. The summed E-state index contributed by atoms with van der Waals surface area (Å²) in [4.78, 5) is 8.51. The SMILES string of the molecule is C=C(c1cnc(-c2ccc(-n3ccnc3)cc2O)nn1)[C@H]1CCC[C@@](C)(CCC)C1. The molecule has 0 saturated heterocycles. The number of phenols is 1. The zero-order chi connectivity index (χ0) is 21.1. The van der Waals surface area contributed by atoms with E-state index in [1.165, 1.54) is 25.7 Å². The van der Waals surface area contributed by atoms with Gasteiger partial charge in [-0.3, -0.25) is 0 Å². The van der Waals surface area contributed by atoms with Gasteiger partial charge in [0.1, 0.15) is 11.4 Å². The van der Waals surface area contributed by atoms with Gasteiger partial charge < -0.3 is 9.67 Å². The molecule has 2 aromatic heterocycles. The third-order valence-corrected chi connectivity index (χ3v) is 6.33. The average Bonchev–Trinajstić information content (AvgIpc) is 3.28. The highest BCUT2D eigenvalue weighted by Crippen LogP contribution is 2.46. The van der Waals surface area contributed by atoms with Crippen LogP contribution >= 0.6 is 0 Å². The molecular weight excluding hydrogens is 374 g/mol. The van der Waals surface area contributed by atoms with E-state index in [1.807, 2.05) is 16.8 Å². The number of aromatic hydroxyl groups is 1. The summed E-state index contributed by atoms with van der Waals surface area (Å²) in [6.45, 7) is 8.99. The van der Waals surface area contributed by atoms with Gasteiger partial charge in [-0.1, -0.05) is 33.3 Å². The maximum absolute atomic E-state index is 10.5. The van der Waals surface area contributed by atoms with Crippen LogP contribution in [-0.4, -0.2) is 29.8 Å². The summed E-state index contributed by atoms with van der Waals surface area (Å²) in [5.74, 6) is 0.943. The van der Waals surface area contributed by atoms with E-state index in [2.05, 4.69) is 40.6 Å². The van der Waals surface area contributed by atoms with Crippen molar-refractivity contribution in [2.24, 2.45) is 11.3 Å². The summed E-state index contributed by atoms with van der Waals surface area (Å²) in [6, 6.07) is 5.36. The highest BCUT2D eigenvalue weighted by Gasteiger charge is 2.33. The molecule has 0 amide bonds. The zero-order valence-corrected chi connectivity index (χ0v) is 17.8. The fourth-order valence-electron chi connectivity index (χ4n) is 4.74. The molecular formula is C24H29N5O. The molecule has 0 spiro atoms. The number of nitrogens with zero attached hydrogens (tertiary/aromatic N) is 5. The van der Waals surface area contributed by atoms with E-state index in [-0.39, 0.29) is 5.75 Å². The first kappa shape index (κ1) is 20.3. The van der Waals surface area contributed by atoms with Crippen molar-refractivity contribution >= 4 is 5.57 Å². The topological polar surface area (TPSA) is 76.7 Å². The normalized spacial score (nSPS) is 21.5. The number of allylic oxidation sites excluding steroid dienone is 1. The molecule has 4 rings (SSSR count). The molecule has 6 heteroatoms. The Morgan fingerprint density at radius 3 is 2.87 bits per heavy atom. The lowest BCUT2D eigenvalue weighted by molar-refractivity contribution is 0.170. The summed E-state index contributed by atoms with van der Waals surface area (Å²) in [5.41, 5.74) is 3.54. The Morgan fingerprint density at radius 1 is 1.33 bits per heavy atom. The van der Waals surface area contributed by atoms with Gasteiger partial charge in [0.25, 0.3) is 0 Å². The first-order valence-corrected chi connectivity index (χ1v) is 10.7. The van der Waals surface area contributed by atoms with E-state index >= 15 is 0 Å². The van der Waals surface area contributed by atoms with Crippen LogP contribution in [0.4, 0.5) is 0 Å². The molecule has 0 unspecified atom stereocenters. The quantitative estimate of drug-likeness (QED) is 0.593. The monoisotopic (exact) mass is 403 g/mol. The van der Waals surface area contributed by atoms with Crippen LogP contribution < -0.4 is 0 Å². The van der Waals surface area contributed by atoms with Crippen LogP contribution in [0.1, 0.15) is 58.1 Å². The second-order valence-corrected chi connectivity index (χ2v) is 8.72. The number of phenolic OH excluding ortho intramolecular Hbond substituents is 1. The van der Waals surface area contributed by atoms with Crippen LogP contribution in [0.5, 0.6) is 5.75 Å². The lowest BCUT2D eigenvalue weighted by Crippen LogP contribution is -2.26. The molecule has 1 aliphatic rings. The summed E-state index contributed by atoms with van der Waals surface area (Å²) >= 11 is 0. The van der Waals surface area contributed by atoms with E-state index < -0.39 is 0 Å². The van der Waals surface area contributed by atoms with Gasteiger partial charge >= 0.3 is 0 Å². The van der Waals surface area contributed by atoms with Gasteiger partial charge in [0.15, 0.2) is 5.82 Å². The van der Waals surface area contributed by atoms with Crippen LogP contribution in [-0.2, 0) is 0 Å². The van der Waals surface area contributed by atoms with E-state index in [4.69, 9.17) is 0 Å². The number of rotatable bonds is 6. The standard InChI is InChI=1S/C24H29N5O/c1-4-9-24(3)10-5-6-18(14-24)17(2)21-15-26-23(28-27-21)20-8-7-19(13-22(20)30)29-12-11-25-16-29/h7-8,11-13,15-16,18,30H,2,4-6,9-10,14H2,1,3H3/t18-,24+/m0/s1. The van der Waals surface area contributed by atoms with Crippen molar-refractivity contribution in [1.29, 1.82) is 0 Å². The van der Waals surface area contributed by atoms with Crippen molar-refractivity contribution in [1.82, 2.24) is 24.7 Å². The molecule has 1 aromatic carbocycles. The third kappa shape index (κ3) is 4.13. The minimum absolute atomic E-state index is 0.109. The van der Waals surface area contributed by atoms with Gasteiger partial charge in [0, 0.05) is 18.5 Å². The average molecular weight is 404 g/mol. The Hall–Kier alpha value is -3.02. The third-order valence-electron chi connectivity index (χ3n) is 6.33. The van der Waals surface area contributed by atoms with Gasteiger partial charge in [-0.15, -0.1) is 10.2 Å². The second kappa shape index (κ2) is 8.38. The Morgan fingerprint density at radius 2 is 2.20 bits per heavy atom. The molecule has 1 fully saturated rings. The summed E-state index contributed by atoms with van der Waals surface area (Å²) in [7, 11) is 0. The Kier molecular flexibility index (Phi) is 5.66. The van der Waals surface area contributed by atoms with Crippen LogP contribution in [0, 0.1) is 11.3 Å². The maximum Gasteiger partial charge on any atom is 0.185 e. The maximum atomic E-state index is 10.5. The molecule has 2 atom stereocenters. The van der Waals surface area contributed by atoms with Gasteiger partial charge in [-0.05, 0) is 54.7 Å². The van der Waals surface area contributed by atoms with Gasteiger partial charge in [-0.25, -0.2) is 9.97 Å². The van der Waals surface area contributed by atoms with Crippen LogP contribution in [0.3, 0.4) is 0 Å². The molecule has 1 aliphatic carbocycles. The van der Waals surface area contributed by atoms with Gasteiger partial charge in [0.05, 0.1) is 23.8 Å². The zero-order valence-electron chi connectivity index (χ0n) is 17.8. The van der Waals surface area contributed by atoms with Crippen LogP contribution in [0.15, 0.2) is 49.7 Å². The lowest BCUT2D eigenvalue weighted by atomic mass is 9.67. The first-order valence-electron chi connectivity index (χ1n) is 10.7. The smallest absolute Gasteiger partial charge is 0.185 e. The number of hydrogen-bond acceptors (Lipinski definition) is 5. The summed E-state index contributed by atoms with van der Waals surface area (Å²) in [5, 5.41) is 19.2. The largest absolute Gasteiger partial charge is 0.507 e. The molecule has 1 N–H and O–H groups in total. The fraction of sp³-hybridized carbons (Fsp3) is 0.417. The van der Waals surface area contributed by atoms with Gasteiger partial charge in [-0.2, -0.15) is 0 Å². The fourth-order valence-corrected chi connectivity index (χ4v) is 4.74. The summed E-state index contributed by atoms with van der Waals surface area (Å²) < 4.78 is 1.83. The minimum Gasteiger partial charge on any atom is -0.507 e. The molecule has 0 radical (unpaired) electrons. The molecule has 3 aromatic rings. The molecule has 0 aliphatic heterocycles. The second-order valence-electron chi connectivity index (χ2n) is 8.72. The Labute approximate surface area is 177 Å². The highest BCUT2D eigenvalue weighted by atomic mass is 16.3. The number of hydrogen-bond donors (Lipinski definition) is 1. The van der Waals surface area contributed by atoms with Crippen molar-refractivity contribution < 1.29 is 5.11 Å². The highest BCUT2D eigenvalue weighted by molar-refractivity contribution is 5.67. The van der Waals surface area contributed by atoms with E-state index in [0.29, 0.717) is 22.7 Å². The Bertz CT molecular complexity index is 1010. The van der Waals surface area contributed by atoms with Crippen LogP contribution in [0.25, 0.3) is 22.6 Å². The number of imidazole rings is 1. The van der Waals surface area contributed by atoms with E-state index in [9.17, 15) is 5.11 Å². The van der Waals surface area contributed by atoms with Crippen molar-refractivity contribution in [2.45, 2.75) is 52.4 Å². The molecule has 156 valence electrons. The predicted molar refractivity (Wildman–Crippen MR) is 118 cm³/mol. The molecule has 0 bridgehead atoms. The predicted octanol–water partition coefficient (Wildman–Crippen LogP) is 5.44. The van der Waals surface area contributed by atoms with Crippen molar-refractivity contribution in [2.75, 3.05) is 0 Å². The van der Waals surface area contributed by atoms with Gasteiger partial charge in [0.2, 0.25) is 0 Å². The van der Waals surface area contributed by atoms with E-state index in [0.717, 1.165) is 29.8 Å². The summed E-state index contributed by atoms with van der Waals surface area (Å²) in [6.07, 6.45) is 14.2. The van der Waals surface area contributed by atoms with Crippen molar-refractivity contribution in [3.63, 3.8) is 0 Å². The first-order chi connectivity index (χ1) is 14.5. The van der Waals surface area contributed by atoms with Crippen molar-refractivity contribution in [3.05, 3.63) is 55.4 Å². The number of benzene rings is 1. The lowest BCUT2D eigenvalue weighted by Gasteiger charge is -2.38.